The van der Waals surface area contributed by atoms with E-state index in [4.69, 9.17) is 10.5 Å². The Labute approximate surface area is 115 Å². The molecule has 0 aliphatic heterocycles. The van der Waals surface area contributed by atoms with Crippen molar-refractivity contribution < 1.29 is 4.74 Å². The number of hydrogen-bond donors (Lipinski definition) is 1. The van der Waals surface area contributed by atoms with Gasteiger partial charge in [0, 0.05) is 30.9 Å². The standard InChI is InChI=1S/C16H22N2O/c1-13(17)12-15-4-3-10-18(15)11-9-14-5-7-16(19-2)8-6-14/h3-8,10,13H,9,11-12,17H2,1-2H3. The van der Waals surface area contributed by atoms with Gasteiger partial charge in [0.15, 0.2) is 0 Å². The lowest BCUT2D eigenvalue weighted by Gasteiger charge is -2.11. The minimum absolute atomic E-state index is 0.203. The molecule has 0 aliphatic carbocycles. The molecule has 0 aliphatic rings. The number of nitrogens with two attached hydrogens (primary N) is 1. The second kappa shape index (κ2) is 6.43. The lowest BCUT2D eigenvalue weighted by Crippen LogP contribution is -2.20. The first-order chi connectivity index (χ1) is 9.19. The van der Waals surface area contributed by atoms with E-state index in [0.29, 0.717) is 0 Å². The van der Waals surface area contributed by atoms with E-state index in [1.807, 2.05) is 19.1 Å². The molecule has 3 nitrogen and oxygen atoms in total. The van der Waals surface area contributed by atoms with E-state index in [0.717, 1.165) is 25.1 Å². The molecular weight excluding hydrogens is 236 g/mol. The third kappa shape index (κ3) is 3.86. The normalized spacial score (nSPS) is 12.4. The number of methoxy groups -OCH3 is 1. The zero-order chi connectivity index (χ0) is 13.7. The van der Waals surface area contributed by atoms with Crippen molar-refractivity contribution in [2.24, 2.45) is 5.73 Å². The summed E-state index contributed by atoms with van der Waals surface area (Å²) in [4.78, 5) is 0. The molecule has 102 valence electrons. The molecule has 2 N–H and O–H groups in total. The summed E-state index contributed by atoms with van der Waals surface area (Å²) in [7, 11) is 1.69. The Hall–Kier alpha value is -1.74. The van der Waals surface area contributed by atoms with Crippen molar-refractivity contribution >= 4 is 0 Å². The highest BCUT2D eigenvalue weighted by atomic mass is 16.5. The van der Waals surface area contributed by atoms with Gasteiger partial charge in [-0.3, -0.25) is 0 Å². The molecule has 0 saturated carbocycles. The van der Waals surface area contributed by atoms with Gasteiger partial charge in [0.1, 0.15) is 5.75 Å². The van der Waals surface area contributed by atoms with E-state index in [2.05, 4.69) is 35.0 Å². The Morgan fingerprint density at radius 1 is 1.21 bits per heavy atom. The van der Waals surface area contributed by atoms with Gasteiger partial charge in [-0.05, 0) is 43.2 Å². The van der Waals surface area contributed by atoms with Crippen molar-refractivity contribution in [3.8, 4) is 5.75 Å². The van der Waals surface area contributed by atoms with Crippen LogP contribution in [0.2, 0.25) is 0 Å². The number of hydrogen-bond acceptors (Lipinski definition) is 2. The van der Waals surface area contributed by atoms with Gasteiger partial charge in [0.2, 0.25) is 0 Å². The molecule has 0 bridgehead atoms. The first kappa shape index (κ1) is 13.7. The van der Waals surface area contributed by atoms with Crippen LogP contribution < -0.4 is 10.5 Å². The molecule has 1 aromatic heterocycles. The number of rotatable bonds is 6. The third-order valence-electron chi connectivity index (χ3n) is 3.26. The van der Waals surface area contributed by atoms with Crippen molar-refractivity contribution in [3.05, 3.63) is 53.9 Å². The minimum Gasteiger partial charge on any atom is -0.497 e. The minimum atomic E-state index is 0.203. The summed E-state index contributed by atoms with van der Waals surface area (Å²) in [6.07, 6.45) is 4.07. The van der Waals surface area contributed by atoms with Gasteiger partial charge >= 0.3 is 0 Å². The van der Waals surface area contributed by atoms with Crippen molar-refractivity contribution in [2.45, 2.75) is 32.4 Å². The fraction of sp³-hybridized carbons (Fsp3) is 0.375. The Balaban J connectivity index is 1.96. The molecule has 2 rings (SSSR count). The van der Waals surface area contributed by atoms with Crippen LogP contribution in [0, 0.1) is 0 Å². The van der Waals surface area contributed by atoms with E-state index in [1.54, 1.807) is 7.11 Å². The summed E-state index contributed by atoms with van der Waals surface area (Å²) in [6.45, 7) is 3.03. The number of aryl methyl sites for hydroxylation is 2. The summed E-state index contributed by atoms with van der Waals surface area (Å²) < 4.78 is 7.45. The predicted octanol–water partition coefficient (Wildman–Crippen LogP) is 2.63. The first-order valence-electron chi connectivity index (χ1n) is 6.71. The van der Waals surface area contributed by atoms with Gasteiger partial charge in [-0.15, -0.1) is 0 Å². The number of nitrogens with zero attached hydrogens (tertiary/aromatic N) is 1. The highest BCUT2D eigenvalue weighted by molar-refractivity contribution is 5.27. The van der Waals surface area contributed by atoms with Gasteiger partial charge in [-0.1, -0.05) is 12.1 Å². The highest BCUT2D eigenvalue weighted by Crippen LogP contribution is 2.13. The molecule has 1 heterocycles. The summed E-state index contributed by atoms with van der Waals surface area (Å²) in [5.41, 5.74) is 8.49. The van der Waals surface area contributed by atoms with Gasteiger partial charge < -0.3 is 15.0 Å². The van der Waals surface area contributed by atoms with Gasteiger partial charge in [0.05, 0.1) is 7.11 Å². The largest absolute Gasteiger partial charge is 0.497 e. The fourth-order valence-corrected chi connectivity index (χ4v) is 2.22. The summed E-state index contributed by atoms with van der Waals surface area (Å²) >= 11 is 0. The predicted molar refractivity (Wildman–Crippen MR) is 78.5 cm³/mol. The van der Waals surface area contributed by atoms with Crippen molar-refractivity contribution in [2.75, 3.05) is 7.11 Å². The smallest absolute Gasteiger partial charge is 0.118 e. The Kier molecular flexibility index (Phi) is 4.63. The summed E-state index contributed by atoms with van der Waals surface area (Å²) in [5, 5.41) is 0. The zero-order valence-corrected chi connectivity index (χ0v) is 11.7. The number of benzene rings is 1. The van der Waals surface area contributed by atoms with Gasteiger partial charge in [-0.2, -0.15) is 0 Å². The van der Waals surface area contributed by atoms with Crippen molar-refractivity contribution in [3.63, 3.8) is 0 Å². The van der Waals surface area contributed by atoms with Crippen LogP contribution in [0.3, 0.4) is 0 Å². The van der Waals surface area contributed by atoms with E-state index in [-0.39, 0.29) is 6.04 Å². The molecular formula is C16H22N2O. The third-order valence-corrected chi connectivity index (χ3v) is 3.26. The van der Waals surface area contributed by atoms with Crippen LogP contribution >= 0.6 is 0 Å². The van der Waals surface area contributed by atoms with Crippen molar-refractivity contribution in [1.29, 1.82) is 0 Å². The zero-order valence-electron chi connectivity index (χ0n) is 11.7. The molecule has 19 heavy (non-hydrogen) atoms. The van der Waals surface area contributed by atoms with E-state index in [1.165, 1.54) is 11.3 Å². The lowest BCUT2D eigenvalue weighted by atomic mass is 10.1. The number of ether oxygens (including phenoxy) is 1. The lowest BCUT2D eigenvalue weighted by molar-refractivity contribution is 0.414. The molecule has 1 unspecified atom stereocenters. The molecule has 0 amide bonds. The topological polar surface area (TPSA) is 40.2 Å². The number of aromatic nitrogens is 1. The average molecular weight is 258 g/mol. The van der Waals surface area contributed by atoms with Crippen molar-refractivity contribution in [1.82, 2.24) is 4.57 Å². The maximum Gasteiger partial charge on any atom is 0.118 e. The van der Waals surface area contributed by atoms with Crippen LogP contribution in [-0.2, 0) is 19.4 Å². The monoisotopic (exact) mass is 258 g/mol. The van der Waals surface area contributed by atoms with Crippen LogP contribution in [0.5, 0.6) is 5.75 Å². The second-order valence-corrected chi connectivity index (χ2v) is 4.97. The Morgan fingerprint density at radius 2 is 1.95 bits per heavy atom. The highest BCUT2D eigenvalue weighted by Gasteiger charge is 2.04. The maximum absolute atomic E-state index is 5.86. The summed E-state index contributed by atoms with van der Waals surface area (Å²) in [5.74, 6) is 0.905. The van der Waals surface area contributed by atoms with E-state index < -0.39 is 0 Å². The Morgan fingerprint density at radius 3 is 2.58 bits per heavy atom. The Bertz CT molecular complexity index is 500. The molecule has 1 aromatic carbocycles. The fourth-order valence-electron chi connectivity index (χ4n) is 2.22. The van der Waals surface area contributed by atoms with Crippen LogP contribution in [0.1, 0.15) is 18.2 Å². The van der Waals surface area contributed by atoms with Gasteiger partial charge in [-0.25, -0.2) is 0 Å². The second-order valence-electron chi connectivity index (χ2n) is 4.97. The average Bonchev–Trinajstić information content (AvgIpc) is 2.83. The quantitative estimate of drug-likeness (QED) is 0.865. The van der Waals surface area contributed by atoms with Crippen LogP contribution in [0.4, 0.5) is 0 Å². The van der Waals surface area contributed by atoms with E-state index in [9.17, 15) is 0 Å². The SMILES string of the molecule is COc1ccc(CCn2cccc2CC(C)N)cc1. The molecule has 0 radical (unpaired) electrons. The van der Waals surface area contributed by atoms with Crippen LogP contribution in [0.15, 0.2) is 42.6 Å². The first-order valence-corrected chi connectivity index (χ1v) is 6.71. The van der Waals surface area contributed by atoms with E-state index >= 15 is 0 Å². The molecule has 2 aromatic rings. The molecule has 1 atom stereocenters. The van der Waals surface area contributed by atoms with Gasteiger partial charge in [0.25, 0.3) is 0 Å². The van der Waals surface area contributed by atoms with Crippen LogP contribution in [0.25, 0.3) is 0 Å². The molecule has 3 heteroatoms. The molecule has 0 saturated heterocycles. The summed E-state index contributed by atoms with van der Waals surface area (Å²) in [6, 6.07) is 12.7. The van der Waals surface area contributed by atoms with Crippen LogP contribution in [-0.4, -0.2) is 17.7 Å². The molecule has 0 fully saturated rings. The molecule has 0 spiro atoms. The maximum atomic E-state index is 5.86.